The predicted molar refractivity (Wildman–Crippen MR) is 86.4 cm³/mol. The van der Waals surface area contributed by atoms with Crippen LogP contribution in [0.2, 0.25) is 0 Å². The minimum Gasteiger partial charge on any atom is -0.386 e. The lowest BCUT2D eigenvalue weighted by molar-refractivity contribution is -0.115. The molecule has 0 aromatic carbocycles. The van der Waals surface area contributed by atoms with Crippen LogP contribution in [0.1, 0.15) is 13.3 Å². The van der Waals surface area contributed by atoms with Gasteiger partial charge < -0.3 is 14.8 Å². The Morgan fingerprint density at radius 2 is 2.10 bits per heavy atom. The van der Waals surface area contributed by atoms with Crippen molar-refractivity contribution in [3.05, 3.63) is 22.8 Å². The first-order chi connectivity index (χ1) is 10.1. The van der Waals surface area contributed by atoms with Crippen LogP contribution in [0.15, 0.2) is 22.8 Å². The lowest BCUT2D eigenvalue weighted by Gasteiger charge is -2.36. The molecule has 2 heterocycles. The molecule has 0 bridgehead atoms. The lowest BCUT2D eigenvalue weighted by atomic mass is 10.0. The highest BCUT2D eigenvalue weighted by Gasteiger charge is 2.20. The normalized spacial score (nSPS) is 19.3. The van der Waals surface area contributed by atoms with Crippen molar-refractivity contribution in [3.63, 3.8) is 0 Å². The molecule has 0 spiro atoms. The van der Waals surface area contributed by atoms with E-state index in [9.17, 15) is 9.90 Å². The minimum absolute atomic E-state index is 0.320. The van der Waals surface area contributed by atoms with Gasteiger partial charge in [0.25, 0.3) is 0 Å². The number of carbonyl (C=O) groups is 1. The van der Waals surface area contributed by atoms with Crippen molar-refractivity contribution in [3.8, 4) is 0 Å². The van der Waals surface area contributed by atoms with Crippen molar-refractivity contribution < 1.29 is 9.90 Å². The van der Waals surface area contributed by atoms with E-state index in [4.69, 9.17) is 0 Å². The zero-order valence-corrected chi connectivity index (χ0v) is 13.9. The van der Waals surface area contributed by atoms with E-state index >= 15 is 0 Å². The Morgan fingerprint density at radius 3 is 2.71 bits per heavy atom. The van der Waals surface area contributed by atoms with E-state index in [1.54, 1.807) is 0 Å². The van der Waals surface area contributed by atoms with E-state index in [-0.39, 0.29) is 0 Å². The first kappa shape index (κ1) is 16.4. The van der Waals surface area contributed by atoms with Crippen LogP contribution in [0.25, 0.3) is 0 Å². The van der Waals surface area contributed by atoms with Gasteiger partial charge in [0.05, 0.1) is 0 Å². The van der Waals surface area contributed by atoms with E-state index in [2.05, 4.69) is 37.6 Å². The fraction of sp³-hybridized carbons (Fsp3) is 0.600. The quantitative estimate of drug-likeness (QED) is 0.619. The smallest absolute Gasteiger partial charge is 0.148 e. The first-order valence-electron chi connectivity index (χ1n) is 7.31. The summed E-state index contributed by atoms with van der Waals surface area (Å²) in [4.78, 5) is 19.6. The van der Waals surface area contributed by atoms with E-state index in [1.807, 2.05) is 18.2 Å². The van der Waals surface area contributed by atoms with Gasteiger partial charge in [-0.1, -0.05) is 13.0 Å². The highest BCUT2D eigenvalue weighted by atomic mass is 79.9. The average molecular weight is 356 g/mol. The lowest BCUT2D eigenvalue weighted by Crippen LogP contribution is -2.48. The van der Waals surface area contributed by atoms with Gasteiger partial charge in [0.1, 0.15) is 22.8 Å². The van der Waals surface area contributed by atoms with Gasteiger partial charge >= 0.3 is 0 Å². The molecule has 2 unspecified atom stereocenters. The molecule has 1 fully saturated rings. The summed E-state index contributed by atoms with van der Waals surface area (Å²) >= 11 is 3.40. The van der Waals surface area contributed by atoms with Gasteiger partial charge in [0.15, 0.2) is 0 Å². The third kappa shape index (κ3) is 5.05. The molecule has 116 valence electrons. The summed E-state index contributed by atoms with van der Waals surface area (Å²) in [5.41, 5.74) is 0. The van der Waals surface area contributed by atoms with Gasteiger partial charge in [-0.05, 0) is 40.4 Å². The molecule has 0 radical (unpaired) electrons. The number of anilines is 1. The summed E-state index contributed by atoms with van der Waals surface area (Å²) in [6, 6.07) is 5.96. The Kier molecular flexibility index (Phi) is 6.14. The van der Waals surface area contributed by atoms with Crippen LogP contribution >= 0.6 is 15.9 Å². The second-order valence-electron chi connectivity index (χ2n) is 5.65. The third-order valence-electron chi connectivity index (χ3n) is 3.77. The summed E-state index contributed by atoms with van der Waals surface area (Å²) in [6.45, 7) is 6.86. The fourth-order valence-corrected chi connectivity index (χ4v) is 3.05. The molecule has 1 saturated heterocycles. The van der Waals surface area contributed by atoms with Crippen LogP contribution in [0.5, 0.6) is 0 Å². The van der Waals surface area contributed by atoms with Gasteiger partial charge in [-0.15, -0.1) is 0 Å². The Bertz CT molecular complexity index is 464. The predicted octanol–water partition coefficient (Wildman–Crippen LogP) is 1.55. The Labute approximate surface area is 134 Å². The van der Waals surface area contributed by atoms with Gasteiger partial charge in [0, 0.05) is 32.7 Å². The number of aliphatic hydroxyl groups is 1. The van der Waals surface area contributed by atoms with Crippen molar-refractivity contribution in [2.45, 2.75) is 19.4 Å². The molecule has 1 aromatic rings. The number of piperazine rings is 1. The molecule has 0 saturated carbocycles. The van der Waals surface area contributed by atoms with Crippen molar-refractivity contribution in [1.29, 1.82) is 0 Å². The van der Waals surface area contributed by atoms with Crippen molar-refractivity contribution in [1.82, 2.24) is 9.88 Å². The second kappa shape index (κ2) is 7.87. The summed E-state index contributed by atoms with van der Waals surface area (Å²) < 4.78 is 0.860. The van der Waals surface area contributed by atoms with Crippen LogP contribution in [-0.2, 0) is 4.79 Å². The summed E-state index contributed by atoms with van der Waals surface area (Å²) in [7, 11) is 0. The molecule has 2 atom stereocenters. The highest BCUT2D eigenvalue weighted by Crippen LogP contribution is 2.17. The largest absolute Gasteiger partial charge is 0.386 e. The van der Waals surface area contributed by atoms with E-state index in [0.29, 0.717) is 18.6 Å². The third-order valence-corrected chi connectivity index (χ3v) is 4.21. The number of hydrogen-bond acceptors (Lipinski definition) is 5. The molecular formula is C15H22BrN3O2. The molecule has 2 rings (SSSR count). The molecule has 1 N–H and O–H groups in total. The number of aromatic nitrogens is 1. The van der Waals surface area contributed by atoms with Gasteiger partial charge in [0.2, 0.25) is 0 Å². The van der Waals surface area contributed by atoms with Gasteiger partial charge in [-0.2, -0.15) is 0 Å². The number of hydrogen-bond donors (Lipinski definition) is 1. The number of pyridine rings is 1. The standard InChI is InChI=1S/C15H22BrN3O2/c1-12(9-13(21)11-20)10-18-5-7-19(8-6-18)15-4-2-3-14(16)17-15/h2-4,11-13,21H,5-10H2,1H3. The van der Waals surface area contributed by atoms with Crippen molar-refractivity contribution >= 4 is 28.0 Å². The summed E-state index contributed by atoms with van der Waals surface area (Å²) in [6.07, 6.45) is 0.330. The molecular weight excluding hydrogens is 334 g/mol. The second-order valence-corrected chi connectivity index (χ2v) is 6.46. The molecule has 0 amide bonds. The Hall–Kier alpha value is -0.980. The molecule has 21 heavy (non-hydrogen) atoms. The number of aldehydes is 1. The molecule has 6 heteroatoms. The Balaban J connectivity index is 1.79. The molecule has 1 aliphatic heterocycles. The molecule has 0 aliphatic carbocycles. The van der Waals surface area contributed by atoms with Crippen molar-refractivity contribution in [2.75, 3.05) is 37.6 Å². The average Bonchev–Trinajstić information content (AvgIpc) is 2.47. The maximum atomic E-state index is 10.5. The molecule has 1 aromatic heterocycles. The topological polar surface area (TPSA) is 56.7 Å². The van der Waals surface area contributed by atoms with E-state index in [0.717, 1.165) is 43.1 Å². The maximum absolute atomic E-state index is 10.5. The number of nitrogens with zero attached hydrogens (tertiary/aromatic N) is 3. The van der Waals surface area contributed by atoms with Crippen LogP contribution in [-0.4, -0.2) is 60.1 Å². The fourth-order valence-electron chi connectivity index (χ4n) is 2.72. The van der Waals surface area contributed by atoms with E-state index < -0.39 is 6.10 Å². The van der Waals surface area contributed by atoms with Crippen LogP contribution in [0.4, 0.5) is 5.82 Å². The zero-order chi connectivity index (χ0) is 15.2. The first-order valence-corrected chi connectivity index (χ1v) is 8.11. The number of aliphatic hydroxyl groups excluding tert-OH is 1. The van der Waals surface area contributed by atoms with Crippen LogP contribution < -0.4 is 4.90 Å². The number of halogens is 1. The number of carbonyl (C=O) groups excluding carboxylic acids is 1. The maximum Gasteiger partial charge on any atom is 0.148 e. The number of rotatable bonds is 6. The minimum atomic E-state index is -0.827. The van der Waals surface area contributed by atoms with Crippen molar-refractivity contribution in [2.24, 2.45) is 5.92 Å². The monoisotopic (exact) mass is 355 g/mol. The van der Waals surface area contributed by atoms with E-state index in [1.165, 1.54) is 0 Å². The van der Waals surface area contributed by atoms with Gasteiger partial charge in [-0.25, -0.2) is 4.98 Å². The summed E-state index contributed by atoms with van der Waals surface area (Å²) in [5, 5.41) is 9.37. The molecule has 1 aliphatic rings. The SMILES string of the molecule is CC(CC(O)C=O)CN1CCN(c2cccc(Br)n2)CC1. The zero-order valence-electron chi connectivity index (χ0n) is 12.3. The molecule has 5 nitrogen and oxygen atoms in total. The van der Waals surface area contributed by atoms with Crippen LogP contribution in [0, 0.1) is 5.92 Å². The van der Waals surface area contributed by atoms with Gasteiger partial charge in [-0.3, -0.25) is 4.90 Å². The highest BCUT2D eigenvalue weighted by molar-refractivity contribution is 9.10. The Morgan fingerprint density at radius 1 is 1.38 bits per heavy atom. The van der Waals surface area contributed by atoms with Crippen LogP contribution in [0.3, 0.4) is 0 Å². The summed E-state index contributed by atoms with van der Waals surface area (Å²) in [5.74, 6) is 1.33.